The summed E-state index contributed by atoms with van der Waals surface area (Å²) in [6.45, 7) is 4.72. The Hall–Kier alpha value is -0.450. The molecule has 2 heterocycles. The molecule has 0 aliphatic carbocycles. The molecule has 3 nitrogen and oxygen atoms in total. The van der Waals surface area contributed by atoms with Crippen LogP contribution in [0, 0.1) is 0 Å². The summed E-state index contributed by atoms with van der Waals surface area (Å²) in [5.41, 5.74) is 1.29. The molecule has 0 amide bonds. The molecule has 0 aromatic carbocycles. The van der Waals surface area contributed by atoms with Crippen LogP contribution in [0.2, 0.25) is 0 Å². The standard InChI is InChI=1S/C10H13BrN2O/c11-10-7-12-2-1-9(10)8-13-3-5-14-6-4-13/h1-2,7H,3-6,8H2. The molecule has 14 heavy (non-hydrogen) atoms. The summed E-state index contributed by atoms with van der Waals surface area (Å²) in [5, 5.41) is 0. The summed E-state index contributed by atoms with van der Waals surface area (Å²) < 4.78 is 6.39. The van der Waals surface area contributed by atoms with Gasteiger partial charge in [-0.3, -0.25) is 9.88 Å². The van der Waals surface area contributed by atoms with Crippen LogP contribution in [0.25, 0.3) is 0 Å². The highest BCUT2D eigenvalue weighted by Crippen LogP contribution is 2.16. The third kappa shape index (κ3) is 2.53. The van der Waals surface area contributed by atoms with E-state index in [1.165, 1.54) is 5.56 Å². The molecule has 0 saturated carbocycles. The SMILES string of the molecule is Brc1cnccc1CN1CCOCC1. The van der Waals surface area contributed by atoms with Gasteiger partial charge >= 0.3 is 0 Å². The minimum Gasteiger partial charge on any atom is -0.379 e. The van der Waals surface area contributed by atoms with Crippen molar-refractivity contribution in [1.29, 1.82) is 0 Å². The minimum atomic E-state index is 0.850. The Morgan fingerprint density at radius 1 is 1.43 bits per heavy atom. The van der Waals surface area contributed by atoms with E-state index in [2.05, 4.69) is 31.9 Å². The Bertz CT molecular complexity index is 300. The second-order valence-corrected chi connectivity index (χ2v) is 4.21. The largest absolute Gasteiger partial charge is 0.379 e. The lowest BCUT2D eigenvalue weighted by Crippen LogP contribution is -2.35. The van der Waals surface area contributed by atoms with Gasteiger partial charge < -0.3 is 4.74 Å². The van der Waals surface area contributed by atoms with Crippen LogP contribution in [-0.4, -0.2) is 36.2 Å². The molecule has 4 heteroatoms. The van der Waals surface area contributed by atoms with Gasteiger partial charge in [0.2, 0.25) is 0 Å². The van der Waals surface area contributed by atoms with Crippen molar-refractivity contribution in [3.63, 3.8) is 0 Å². The van der Waals surface area contributed by atoms with Crippen molar-refractivity contribution in [2.45, 2.75) is 6.54 Å². The van der Waals surface area contributed by atoms with E-state index >= 15 is 0 Å². The van der Waals surface area contributed by atoms with Gasteiger partial charge in [-0.15, -0.1) is 0 Å². The summed E-state index contributed by atoms with van der Waals surface area (Å²) in [4.78, 5) is 6.44. The van der Waals surface area contributed by atoms with E-state index in [1.54, 1.807) is 0 Å². The van der Waals surface area contributed by atoms with E-state index in [9.17, 15) is 0 Å². The van der Waals surface area contributed by atoms with Gasteiger partial charge in [-0.05, 0) is 27.6 Å². The van der Waals surface area contributed by atoms with Crippen LogP contribution in [0.1, 0.15) is 5.56 Å². The lowest BCUT2D eigenvalue weighted by atomic mass is 10.2. The average Bonchev–Trinajstić information content (AvgIpc) is 2.23. The number of nitrogens with zero attached hydrogens (tertiary/aromatic N) is 2. The number of rotatable bonds is 2. The predicted molar refractivity (Wildman–Crippen MR) is 58.0 cm³/mol. The Kier molecular flexibility index (Phi) is 3.50. The zero-order valence-corrected chi connectivity index (χ0v) is 9.53. The fraction of sp³-hybridized carbons (Fsp3) is 0.500. The van der Waals surface area contributed by atoms with E-state index < -0.39 is 0 Å². The molecule has 1 aliphatic rings. The molecule has 1 fully saturated rings. The Balaban J connectivity index is 1.99. The number of aromatic nitrogens is 1. The van der Waals surface area contributed by atoms with Gasteiger partial charge in [-0.2, -0.15) is 0 Å². The maximum Gasteiger partial charge on any atom is 0.0594 e. The molecule has 1 aromatic rings. The van der Waals surface area contributed by atoms with E-state index in [0.29, 0.717) is 0 Å². The molecule has 76 valence electrons. The first kappa shape index (κ1) is 10.1. The Labute approximate surface area is 92.2 Å². The second-order valence-electron chi connectivity index (χ2n) is 3.36. The van der Waals surface area contributed by atoms with Gasteiger partial charge in [0.15, 0.2) is 0 Å². The van der Waals surface area contributed by atoms with Crippen molar-refractivity contribution >= 4 is 15.9 Å². The maximum absolute atomic E-state index is 5.30. The van der Waals surface area contributed by atoms with Crippen LogP contribution in [0.5, 0.6) is 0 Å². The average molecular weight is 257 g/mol. The molecule has 0 N–H and O–H groups in total. The lowest BCUT2D eigenvalue weighted by molar-refractivity contribution is 0.0341. The molecular weight excluding hydrogens is 244 g/mol. The van der Waals surface area contributed by atoms with Crippen molar-refractivity contribution in [3.8, 4) is 0 Å². The molecular formula is C10H13BrN2O. The number of morpholine rings is 1. The topological polar surface area (TPSA) is 25.4 Å². The summed E-state index contributed by atoms with van der Waals surface area (Å²) >= 11 is 3.50. The first-order chi connectivity index (χ1) is 6.86. The summed E-state index contributed by atoms with van der Waals surface area (Å²) in [5.74, 6) is 0. The van der Waals surface area contributed by atoms with Gasteiger partial charge in [-0.1, -0.05) is 0 Å². The number of ether oxygens (including phenoxy) is 1. The molecule has 0 unspecified atom stereocenters. The third-order valence-electron chi connectivity index (χ3n) is 2.35. The van der Waals surface area contributed by atoms with Crippen LogP contribution < -0.4 is 0 Å². The van der Waals surface area contributed by atoms with Crippen molar-refractivity contribution in [1.82, 2.24) is 9.88 Å². The molecule has 0 atom stereocenters. The second kappa shape index (κ2) is 4.87. The normalized spacial score (nSPS) is 18.4. The number of hydrogen-bond acceptors (Lipinski definition) is 3. The molecule has 0 spiro atoms. The fourth-order valence-electron chi connectivity index (χ4n) is 1.53. The van der Waals surface area contributed by atoms with Crippen molar-refractivity contribution in [2.75, 3.05) is 26.3 Å². The summed E-state index contributed by atoms with van der Waals surface area (Å²) in [6.07, 6.45) is 3.68. The van der Waals surface area contributed by atoms with Crippen LogP contribution in [-0.2, 0) is 11.3 Å². The lowest BCUT2D eigenvalue weighted by Gasteiger charge is -2.26. The minimum absolute atomic E-state index is 0.850. The smallest absolute Gasteiger partial charge is 0.0594 e. The molecule has 0 bridgehead atoms. The first-order valence-electron chi connectivity index (χ1n) is 4.75. The van der Waals surface area contributed by atoms with E-state index in [0.717, 1.165) is 37.3 Å². The number of hydrogen-bond donors (Lipinski definition) is 0. The van der Waals surface area contributed by atoms with Crippen LogP contribution in [0.3, 0.4) is 0 Å². The fourth-order valence-corrected chi connectivity index (χ4v) is 1.91. The van der Waals surface area contributed by atoms with Crippen molar-refractivity contribution in [2.24, 2.45) is 0 Å². The van der Waals surface area contributed by atoms with Crippen LogP contribution in [0.4, 0.5) is 0 Å². The summed E-state index contributed by atoms with van der Waals surface area (Å²) in [7, 11) is 0. The first-order valence-corrected chi connectivity index (χ1v) is 5.54. The quantitative estimate of drug-likeness (QED) is 0.806. The van der Waals surface area contributed by atoms with E-state index in [-0.39, 0.29) is 0 Å². The Morgan fingerprint density at radius 2 is 2.21 bits per heavy atom. The van der Waals surface area contributed by atoms with Gasteiger partial charge in [0, 0.05) is 36.5 Å². The van der Waals surface area contributed by atoms with Gasteiger partial charge in [0.1, 0.15) is 0 Å². The number of halogens is 1. The highest BCUT2D eigenvalue weighted by molar-refractivity contribution is 9.10. The van der Waals surface area contributed by atoms with Gasteiger partial charge in [-0.25, -0.2) is 0 Å². The third-order valence-corrected chi connectivity index (χ3v) is 3.07. The summed E-state index contributed by atoms with van der Waals surface area (Å²) in [6, 6.07) is 2.06. The zero-order valence-electron chi connectivity index (χ0n) is 7.95. The highest BCUT2D eigenvalue weighted by Gasteiger charge is 2.11. The number of pyridine rings is 1. The van der Waals surface area contributed by atoms with Crippen molar-refractivity contribution in [3.05, 3.63) is 28.5 Å². The maximum atomic E-state index is 5.30. The van der Waals surface area contributed by atoms with E-state index in [4.69, 9.17) is 4.74 Å². The predicted octanol–water partition coefficient (Wildman–Crippen LogP) is 1.68. The highest BCUT2D eigenvalue weighted by atomic mass is 79.9. The Morgan fingerprint density at radius 3 is 2.93 bits per heavy atom. The van der Waals surface area contributed by atoms with Crippen LogP contribution in [0.15, 0.2) is 22.9 Å². The van der Waals surface area contributed by atoms with Gasteiger partial charge in [0.25, 0.3) is 0 Å². The zero-order chi connectivity index (χ0) is 9.80. The van der Waals surface area contributed by atoms with E-state index in [1.807, 2.05) is 12.4 Å². The van der Waals surface area contributed by atoms with Crippen LogP contribution >= 0.6 is 15.9 Å². The molecule has 1 aromatic heterocycles. The van der Waals surface area contributed by atoms with Gasteiger partial charge in [0.05, 0.1) is 13.2 Å². The van der Waals surface area contributed by atoms with Crippen molar-refractivity contribution < 1.29 is 4.74 Å². The molecule has 1 saturated heterocycles. The molecule has 2 rings (SSSR count). The molecule has 1 aliphatic heterocycles. The monoisotopic (exact) mass is 256 g/mol. The molecule has 0 radical (unpaired) electrons.